The standard InChI is InChI=1S/C20H20N4O2/c1-2-4-15(5-3-1)8-10-21-19-9-11-22-20(24-19)23-13-16-6-7-17-18(12-16)26-14-25-17/h1-7,9,11-12H,8,10,13-14H2,(H2,21,22,23,24). The van der Waals surface area contributed by atoms with Crippen LogP contribution in [0.25, 0.3) is 0 Å². The van der Waals surface area contributed by atoms with Crippen LogP contribution in [0, 0.1) is 0 Å². The van der Waals surface area contributed by atoms with E-state index in [-0.39, 0.29) is 6.79 Å². The second-order valence-corrected chi connectivity index (χ2v) is 5.97. The van der Waals surface area contributed by atoms with Crippen LogP contribution in [0.15, 0.2) is 60.8 Å². The SMILES string of the molecule is c1ccc(CCNc2ccnc(NCc3ccc4c(c3)OCO4)n2)cc1. The number of hydrogen-bond acceptors (Lipinski definition) is 6. The van der Waals surface area contributed by atoms with E-state index in [1.54, 1.807) is 6.20 Å². The highest BCUT2D eigenvalue weighted by Gasteiger charge is 2.13. The minimum atomic E-state index is 0.284. The first kappa shape index (κ1) is 16.2. The molecule has 6 heteroatoms. The van der Waals surface area contributed by atoms with Gasteiger partial charge in [-0.25, -0.2) is 4.98 Å². The number of aromatic nitrogens is 2. The van der Waals surface area contributed by atoms with Crippen molar-refractivity contribution in [2.75, 3.05) is 24.0 Å². The van der Waals surface area contributed by atoms with Crippen molar-refractivity contribution < 1.29 is 9.47 Å². The molecule has 0 unspecified atom stereocenters. The predicted octanol–water partition coefficient (Wildman–Crippen LogP) is 3.47. The summed E-state index contributed by atoms with van der Waals surface area (Å²) < 4.78 is 10.7. The number of fused-ring (bicyclic) bond motifs is 1. The van der Waals surface area contributed by atoms with Crippen LogP contribution in [-0.4, -0.2) is 23.3 Å². The van der Waals surface area contributed by atoms with Gasteiger partial charge in [0, 0.05) is 19.3 Å². The molecule has 132 valence electrons. The second kappa shape index (κ2) is 7.74. The molecule has 0 spiro atoms. The van der Waals surface area contributed by atoms with E-state index in [0.717, 1.165) is 35.8 Å². The van der Waals surface area contributed by atoms with Gasteiger partial charge in [-0.3, -0.25) is 0 Å². The summed E-state index contributed by atoms with van der Waals surface area (Å²) in [4.78, 5) is 8.78. The van der Waals surface area contributed by atoms with E-state index in [1.165, 1.54) is 5.56 Å². The molecule has 2 N–H and O–H groups in total. The van der Waals surface area contributed by atoms with Gasteiger partial charge in [0.05, 0.1) is 0 Å². The van der Waals surface area contributed by atoms with Crippen LogP contribution < -0.4 is 20.1 Å². The van der Waals surface area contributed by atoms with Crippen LogP contribution >= 0.6 is 0 Å². The fourth-order valence-electron chi connectivity index (χ4n) is 2.75. The first-order chi connectivity index (χ1) is 12.9. The number of rotatable bonds is 7. The van der Waals surface area contributed by atoms with Crippen molar-refractivity contribution in [2.45, 2.75) is 13.0 Å². The molecule has 2 heterocycles. The van der Waals surface area contributed by atoms with Crippen molar-refractivity contribution in [3.63, 3.8) is 0 Å². The van der Waals surface area contributed by atoms with E-state index in [4.69, 9.17) is 9.47 Å². The summed E-state index contributed by atoms with van der Waals surface area (Å²) in [7, 11) is 0. The number of nitrogens with zero attached hydrogens (tertiary/aromatic N) is 2. The van der Waals surface area contributed by atoms with Gasteiger partial charge in [0.15, 0.2) is 11.5 Å². The van der Waals surface area contributed by atoms with E-state index in [9.17, 15) is 0 Å². The molecular weight excluding hydrogens is 328 g/mol. The Kier molecular flexibility index (Phi) is 4.82. The molecular formula is C20H20N4O2. The van der Waals surface area contributed by atoms with Gasteiger partial charge < -0.3 is 20.1 Å². The van der Waals surface area contributed by atoms with E-state index in [0.29, 0.717) is 12.5 Å². The Bertz CT molecular complexity index is 871. The summed E-state index contributed by atoms with van der Waals surface area (Å²) in [6.07, 6.45) is 2.70. The average molecular weight is 348 g/mol. The van der Waals surface area contributed by atoms with Gasteiger partial charge in [-0.1, -0.05) is 36.4 Å². The average Bonchev–Trinajstić information content (AvgIpc) is 3.15. The van der Waals surface area contributed by atoms with Gasteiger partial charge in [-0.2, -0.15) is 4.98 Å². The number of benzene rings is 2. The van der Waals surface area contributed by atoms with Crippen molar-refractivity contribution in [1.29, 1.82) is 0 Å². The Morgan fingerprint density at radius 1 is 0.885 bits per heavy atom. The molecule has 0 atom stereocenters. The van der Waals surface area contributed by atoms with Crippen molar-refractivity contribution in [3.05, 3.63) is 71.9 Å². The van der Waals surface area contributed by atoms with E-state index >= 15 is 0 Å². The molecule has 0 saturated heterocycles. The van der Waals surface area contributed by atoms with Gasteiger partial charge >= 0.3 is 0 Å². The predicted molar refractivity (Wildman–Crippen MR) is 101 cm³/mol. The molecule has 0 amide bonds. The first-order valence-corrected chi connectivity index (χ1v) is 8.60. The van der Waals surface area contributed by atoms with E-state index in [2.05, 4.69) is 44.9 Å². The Morgan fingerprint density at radius 3 is 2.69 bits per heavy atom. The molecule has 4 rings (SSSR count). The maximum atomic E-state index is 5.40. The Morgan fingerprint density at radius 2 is 1.77 bits per heavy atom. The van der Waals surface area contributed by atoms with Crippen molar-refractivity contribution in [1.82, 2.24) is 9.97 Å². The number of ether oxygens (including phenoxy) is 2. The summed E-state index contributed by atoms with van der Waals surface area (Å²) >= 11 is 0. The molecule has 3 aromatic rings. The molecule has 1 aromatic heterocycles. The lowest BCUT2D eigenvalue weighted by Crippen LogP contribution is -2.09. The summed E-state index contributed by atoms with van der Waals surface area (Å²) in [5.41, 5.74) is 2.38. The minimum absolute atomic E-state index is 0.284. The zero-order chi connectivity index (χ0) is 17.6. The Balaban J connectivity index is 1.31. The Labute approximate surface area is 152 Å². The van der Waals surface area contributed by atoms with Crippen LogP contribution in [0.4, 0.5) is 11.8 Å². The highest BCUT2D eigenvalue weighted by Crippen LogP contribution is 2.32. The molecule has 1 aliphatic rings. The monoisotopic (exact) mass is 348 g/mol. The highest BCUT2D eigenvalue weighted by atomic mass is 16.7. The van der Waals surface area contributed by atoms with Gasteiger partial charge in [-0.15, -0.1) is 0 Å². The molecule has 2 aromatic carbocycles. The van der Waals surface area contributed by atoms with Crippen molar-refractivity contribution >= 4 is 11.8 Å². The fraction of sp³-hybridized carbons (Fsp3) is 0.200. The van der Waals surface area contributed by atoms with Gasteiger partial charge in [-0.05, 0) is 35.7 Å². The molecule has 1 aliphatic heterocycles. The maximum Gasteiger partial charge on any atom is 0.231 e. The summed E-state index contributed by atoms with van der Waals surface area (Å²) in [5.74, 6) is 2.97. The zero-order valence-electron chi connectivity index (χ0n) is 14.3. The summed E-state index contributed by atoms with van der Waals surface area (Å²) in [6, 6.07) is 18.1. The van der Waals surface area contributed by atoms with E-state index in [1.807, 2.05) is 30.3 Å². The summed E-state index contributed by atoms with van der Waals surface area (Å²) in [5, 5.41) is 6.58. The summed E-state index contributed by atoms with van der Waals surface area (Å²) in [6.45, 7) is 1.72. The third-order valence-corrected chi connectivity index (χ3v) is 4.11. The molecule has 0 aliphatic carbocycles. The van der Waals surface area contributed by atoms with Crippen LogP contribution in [0.3, 0.4) is 0 Å². The fourth-order valence-corrected chi connectivity index (χ4v) is 2.75. The quantitative estimate of drug-likeness (QED) is 0.681. The topological polar surface area (TPSA) is 68.3 Å². The molecule has 0 fully saturated rings. The normalized spacial score (nSPS) is 12.0. The first-order valence-electron chi connectivity index (χ1n) is 8.60. The molecule has 0 radical (unpaired) electrons. The lowest BCUT2D eigenvalue weighted by Gasteiger charge is -2.09. The van der Waals surface area contributed by atoms with Crippen molar-refractivity contribution in [2.24, 2.45) is 0 Å². The molecule has 6 nitrogen and oxygen atoms in total. The van der Waals surface area contributed by atoms with Gasteiger partial charge in [0.2, 0.25) is 12.7 Å². The Hall–Kier alpha value is -3.28. The lowest BCUT2D eigenvalue weighted by molar-refractivity contribution is 0.174. The van der Waals surface area contributed by atoms with Gasteiger partial charge in [0.1, 0.15) is 5.82 Å². The maximum absolute atomic E-state index is 5.40. The molecule has 26 heavy (non-hydrogen) atoms. The number of nitrogens with one attached hydrogen (secondary N) is 2. The van der Waals surface area contributed by atoms with Gasteiger partial charge in [0.25, 0.3) is 0 Å². The zero-order valence-corrected chi connectivity index (χ0v) is 14.3. The largest absolute Gasteiger partial charge is 0.454 e. The van der Waals surface area contributed by atoms with Crippen LogP contribution in [0.5, 0.6) is 11.5 Å². The smallest absolute Gasteiger partial charge is 0.231 e. The lowest BCUT2D eigenvalue weighted by atomic mass is 10.1. The van der Waals surface area contributed by atoms with Crippen LogP contribution in [0.2, 0.25) is 0 Å². The minimum Gasteiger partial charge on any atom is -0.454 e. The van der Waals surface area contributed by atoms with E-state index < -0.39 is 0 Å². The molecule has 0 saturated carbocycles. The number of hydrogen-bond donors (Lipinski definition) is 2. The third-order valence-electron chi connectivity index (χ3n) is 4.11. The van der Waals surface area contributed by atoms with Crippen molar-refractivity contribution in [3.8, 4) is 11.5 Å². The third kappa shape index (κ3) is 4.03. The molecule has 0 bridgehead atoms. The number of anilines is 2. The second-order valence-electron chi connectivity index (χ2n) is 5.97. The van der Waals surface area contributed by atoms with Crippen LogP contribution in [-0.2, 0) is 13.0 Å². The van der Waals surface area contributed by atoms with Crippen LogP contribution in [0.1, 0.15) is 11.1 Å². The highest BCUT2D eigenvalue weighted by molar-refractivity contribution is 5.46.